The molecule has 1 heterocycles. The number of ether oxygens (including phenoxy) is 3. The van der Waals surface area contributed by atoms with Crippen LogP contribution in [0.25, 0.3) is 0 Å². The highest BCUT2D eigenvalue weighted by molar-refractivity contribution is 7.86. The van der Waals surface area contributed by atoms with Crippen LogP contribution >= 0.6 is 0 Å². The zero-order valence-electron chi connectivity index (χ0n) is 23.6. The third-order valence-corrected chi connectivity index (χ3v) is 7.01. The van der Waals surface area contributed by atoms with Crippen molar-refractivity contribution in [3.05, 3.63) is 29.8 Å². The summed E-state index contributed by atoms with van der Waals surface area (Å²) in [5.41, 5.74) is -1.30. The van der Waals surface area contributed by atoms with Crippen molar-refractivity contribution < 1.29 is 36.4 Å². The number of hydrogen-bond donors (Lipinski definition) is 0. The number of benzene rings is 1. The van der Waals surface area contributed by atoms with E-state index >= 15 is 0 Å². The molecule has 210 valence electrons. The maximum Gasteiger partial charge on any atom is 0.412 e. The van der Waals surface area contributed by atoms with Gasteiger partial charge < -0.3 is 14.2 Å². The molecule has 1 aromatic rings. The Morgan fingerprint density at radius 1 is 1.05 bits per heavy atom. The highest BCUT2D eigenvalue weighted by atomic mass is 32.2. The lowest BCUT2D eigenvalue weighted by Crippen LogP contribution is -2.50. The van der Waals surface area contributed by atoms with Crippen LogP contribution in [-0.2, 0) is 33.3 Å². The van der Waals surface area contributed by atoms with Gasteiger partial charge in [0.1, 0.15) is 16.9 Å². The molecule has 0 aromatic heterocycles. The fourth-order valence-corrected chi connectivity index (χ4v) is 5.04. The third-order valence-electron chi connectivity index (χ3n) is 5.72. The standard InChI is InChI=1S/C27H43NO8S/c1-19-10-13-22(14-11-19)37(31,32)34-17-20(12-15-23(29)35-25(2,3)4)16-21-18-33-27(8,9)28(21)24(30)36-26(5,6)7/h10-11,13-14,20-21H,12,15-18H2,1-9H3. The summed E-state index contributed by atoms with van der Waals surface area (Å²) in [5.74, 6) is -0.758. The lowest BCUT2D eigenvalue weighted by molar-refractivity contribution is -0.155. The topological polar surface area (TPSA) is 108 Å². The average Bonchev–Trinajstić information content (AvgIpc) is 3.01. The maximum atomic E-state index is 13.0. The summed E-state index contributed by atoms with van der Waals surface area (Å²) < 4.78 is 48.0. The maximum absolute atomic E-state index is 13.0. The summed E-state index contributed by atoms with van der Waals surface area (Å²) in [6.07, 6.45) is 0.241. The first kappa shape index (κ1) is 31.1. The van der Waals surface area contributed by atoms with Crippen LogP contribution in [0, 0.1) is 12.8 Å². The molecule has 9 nitrogen and oxygen atoms in total. The van der Waals surface area contributed by atoms with Crippen LogP contribution in [0.2, 0.25) is 0 Å². The molecular weight excluding hydrogens is 498 g/mol. The molecule has 0 saturated carbocycles. The van der Waals surface area contributed by atoms with Gasteiger partial charge in [-0.25, -0.2) is 4.79 Å². The van der Waals surface area contributed by atoms with Crippen LogP contribution < -0.4 is 0 Å². The van der Waals surface area contributed by atoms with Crippen LogP contribution in [0.4, 0.5) is 4.79 Å². The smallest absolute Gasteiger partial charge is 0.412 e. The van der Waals surface area contributed by atoms with E-state index in [1.165, 1.54) is 12.1 Å². The summed E-state index contributed by atoms with van der Waals surface area (Å²) in [6, 6.07) is 6.01. The van der Waals surface area contributed by atoms with E-state index in [-0.39, 0.29) is 42.5 Å². The van der Waals surface area contributed by atoms with E-state index < -0.39 is 33.1 Å². The number of aryl methyl sites for hydroxylation is 1. The molecule has 1 saturated heterocycles. The second kappa shape index (κ2) is 11.7. The van der Waals surface area contributed by atoms with Crippen LogP contribution in [0.15, 0.2) is 29.2 Å². The first-order valence-electron chi connectivity index (χ1n) is 12.6. The lowest BCUT2D eigenvalue weighted by Gasteiger charge is -2.36. The van der Waals surface area contributed by atoms with Crippen molar-refractivity contribution >= 4 is 22.2 Å². The first-order chi connectivity index (χ1) is 16.8. The van der Waals surface area contributed by atoms with Gasteiger partial charge in [-0.05, 0) is 93.2 Å². The Kier molecular flexibility index (Phi) is 9.82. The number of rotatable bonds is 9. The highest BCUT2D eigenvalue weighted by Gasteiger charge is 2.46. The molecule has 1 amide bonds. The molecule has 0 radical (unpaired) electrons. The molecule has 10 heteroatoms. The predicted octanol–water partition coefficient (Wildman–Crippen LogP) is 5.20. The van der Waals surface area contributed by atoms with Gasteiger partial charge in [-0.15, -0.1) is 0 Å². The summed E-state index contributed by atoms with van der Waals surface area (Å²) in [6.45, 7) is 16.3. The normalized spacial score (nSPS) is 18.9. The van der Waals surface area contributed by atoms with Crippen LogP contribution in [0.5, 0.6) is 0 Å². The fourth-order valence-electron chi connectivity index (χ4n) is 4.06. The number of nitrogens with zero attached hydrogens (tertiary/aromatic N) is 1. The van der Waals surface area contributed by atoms with Gasteiger partial charge in [0.25, 0.3) is 10.1 Å². The van der Waals surface area contributed by atoms with E-state index in [0.29, 0.717) is 12.8 Å². The minimum absolute atomic E-state index is 0.0599. The van der Waals surface area contributed by atoms with Gasteiger partial charge in [0.15, 0.2) is 0 Å². The van der Waals surface area contributed by atoms with Gasteiger partial charge in [-0.1, -0.05) is 17.7 Å². The second-order valence-electron chi connectivity index (χ2n) is 12.0. The SMILES string of the molecule is Cc1ccc(S(=O)(=O)OCC(CCC(=O)OC(C)(C)C)CC2COC(C)(C)N2C(=O)OC(C)(C)C)cc1. The Morgan fingerprint density at radius 2 is 1.62 bits per heavy atom. The van der Waals surface area contributed by atoms with Crippen molar-refractivity contribution in [3.63, 3.8) is 0 Å². The largest absolute Gasteiger partial charge is 0.460 e. The minimum Gasteiger partial charge on any atom is -0.460 e. The van der Waals surface area contributed by atoms with Crippen molar-refractivity contribution in [2.75, 3.05) is 13.2 Å². The van der Waals surface area contributed by atoms with E-state index in [9.17, 15) is 18.0 Å². The Balaban J connectivity index is 2.21. The first-order valence-corrected chi connectivity index (χ1v) is 14.0. The zero-order chi connectivity index (χ0) is 28.2. The lowest BCUT2D eigenvalue weighted by atomic mass is 9.95. The van der Waals surface area contributed by atoms with Crippen molar-refractivity contribution in [1.82, 2.24) is 4.90 Å². The zero-order valence-corrected chi connectivity index (χ0v) is 24.4. The van der Waals surface area contributed by atoms with E-state index in [4.69, 9.17) is 18.4 Å². The molecule has 1 aliphatic rings. The number of carbonyl (C=O) groups excluding carboxylic acids is 2. The molecule has 1 fully saturated rings. The van der Waals surface area contributed by atoms with Crippen LogP contribution in [0.3, 0.4) is 0 Å². The number of esters is 1. The Labute approximate surface area is 221 Å². The van der Waals surface area contributed by atoms with Crippen molar-refractivity contribution in [1.29, 1.82) is 0 Å². The summed E-state index contributed by atoms with van der Waals surface area (Å²) >= 11 is 0. The summed E-state index contributed by atoms with van der Waals surface area (Å²) in [5, 5.41) is 0. The number of amides is 1. The van der Waals surface area contributed by atoms with Gasteiger partial charge in [0, 0.05) is 6.42 Å². The van der Waals surface area contributed by atoms with Gasteiger partial charge in [0.05, 0.1) is 24.2 Å². The van der Waals surface area contributed by atoms with Crippen LogP contribution in [-0.4, -0.2) is 61.6 Å². The summed E-state index contributed by atoms with van der Waals surface area (Å²) in [4.78, 5) is 27.0. The molecular formula is C27H43NO8S. The van der Waals surface area contributed by atoms with E-state index in [0.717, 1.165) is 5.56 Å². The molecule has 0 aliphatic carbocycles. The van der Waals surface area contributed by atoms with E-state index in [1.807, 2.05) is 6.92 Å². The van der Waals surface area contributed by atoms with Gasteiger partial charge in [-0.2, -0.15) is 8.42 Å². The Hall–Kier alpha value is -2.17. The molecule has 0 N–H and O–H groups in total. The molecule has 2 unspecified atom stereocenters. The van der Waals surface area contributed by atoms with E-state index in [2.05, 4.69) is 0 Å². The monoisotopic (exact) mass is 541 g/mol. The summed E-state index contributed by atoms with van der Waals surface area (Å²) in [7, 11) is -4.00. The fraction of sp³-hybridized carbons (Fsp3) is 0.704. The quantitative estimate of drug-likeness (QED) is 0.310. The Morgan fingerprint density at radius 3 is 2.16 bits per heavy atom. The molecule has 2 rings (SSSR count). The molecule has 1 aromatic carbocycles. The van der Waals surface area contributed by atoms with Crippen molar-refractivity contribution in [2.45, 2.75) is 109 Å². The predicted molar refractivity (Wildman–Crippen MR) is 139 cm³/mol. The Bertz CT molecular complexity index is 1040. The molecule has 0 bridgehead atoms. The van der Waals surface area contributed by atoms with Crippen LogP contribution in [0.1, 0.15) is 80.2 Å². The van der Waals surface area contributed by atoms with Gasteiger partial charge in [0.2, 0.25) is 0 Å². The van der Waals surface area contributed by atoms with Crippen molar-refractivity contribution in [2.24, 2.45) is 5.92 Å². The molecule has 0 spiro atoms. The average molecular weight is 542 g/mol. The number of hydrogen-bond acceptors (Lipinski definition) is 8. The molecule has 1 aliphatic heterocycles. The number of carbonyl (C=O) groups is 2. The molecule has 2 atom stereocenters. The molecule has 37 heavy (non-hydrogen) atoms. The third kappa shape index (κ3) is 9.90. The van der Waals surface area contributed by atoms with Gasteiger partial charge in [-0.3, -0.25) is 13.9 Å². The second-order valence-corrected chi connectivity index (χ2v) is 13.7. The minimum atomic E-state index is -4.00. The highest BCUT2D eigenvalue weighted by Crippen LogP contribution is 2.33. The van der Waals surface area contributed by atoms with Crippen molar-refractivity contribution in [3.8, 4) is 0 Å². The van der Waals surface area contributed by atoms with Gasteiger partial charge >= 0.3 is 12.1 Å². The van der Waals surface area contributed by atoms with E-state index in [1.54, 1.807) is 72.4 Å².